The van der Waals surface area contributed by atoms with E-state index in [9.17, 15) is 5.11 Å². The Morgan fingerprint density at radius 1 is 1.25 bits per heavy atom. The van der Waals surface area contributed by atoms with Crippen LogP contribution >= 0.6 is 0 Å². The highest BCUT2D eigenvalue weighted by molar-refractivity contribution is 6.74. The first-order valence-corrected chi connectivity index (χ1v) is 10.7. The summed E-state index contributed by atoms with van der Waals surface area (Å²) in [4.78, 5) is 0. The van der Waals surface area contributed by atoms with Gasteiger partial charge in [-0.15, -0.1) is 0 Å². The van der Waals surface area contributed by atoms with E-state index >= 15 is 0 Å². The van der Waals surface area contributed by atoms with E-state index in [0.29, 0.717) is 6.42 Å². The first-order valence-electron chi connectivity index (χ1n) is 7.81. The van der Waals surface area contributed by atoms with E-state index in [2.05, 4.69) is 52.9 Å². The Labute approximate surface area is 127 Å². The lowest BCUT2D eigenvalue weighted by Crippen LogP contribution is -2.40. The predicted molar refractivity (Wildman–Crippen MR) is 91.3 cm³/mol. The van der Waals surface area contributed by atoms with Crippen molar-refractivity contribution < 1.29 is 9.53 Å². The minimum Gasteiger partial charge on any atom is -0.547 e. The molecule has 1 atom stereocenters. The molecule has 2 nitrogen and oxygen atoms in total. The quantitative estimate of drug-likeness (QED) is 0.369. The van der Waals surface area contributed by atoms with E-state index < -0.39 is 8.32 Å². The first kappa shape index (κ1) is 19.5. The van der Waals surface area contributed by atoms with Crippen molar-refractivity contribution in [2.75, 3.05) is 0 Å². The summed E-state index contributed by atoms with van der Waals surface area (Å²) >= 11 is 0. The molecule has 0 amide bonds. The van der Waals surface area contributed by atoms with Gasteiger partial charge in [-0.05, 0) is 44.3 Å². The largest absolute Gasteiger partial charge is 0.547 e. The van der Waals surface area contributed by atoms with Crippen molar-refractivity contribution in [1.82, 2.24) is 0 Å². The molecule has 0 saturated carbocycles. The van der Waals surface area contributed by atoms with Gasteiger partial charge in [0.25, 0.3) is 0 Å². The van der Waals surface area contributed by atoms with Gasteiger partial charge in [0.1, 0.15) is 0 Å². The monoisotopic (exact) mass is 298 g/mol. The molecule has 20 heavy (non-hydrogen) atoms. The maximum absolute atomic E-state index is 10.1. The van der Waals surface area contributed by atoms with Crippen LogP contribution in [-0.2, 0) is 4.43 Å². The van der Waals surface area contributed by atoms with Crippen LogP contribution < -0.4 is 0 Å². The molecule has 0 saturated heterocycles. The Kier molecular flexibility index (Phi) is 8.44. The summed E-state index contributed by atoms with van der Waals surface area (Å²) in [6.45, 7) is 15.3. The van der Waals surface area contributed by atoms with Crippen molar-refractivity contribution in [2.24, 2.45) is 0 Å². The molecular weight excluding hydrogens is 264 g/mol. The van der Waals surface area contributed by atoms with Crippen LogP contribution in [0.25, 0.3) is 0 Å². The fourth-order valence-electron chi connectivity index (χ4n) is 1.61. The summed E-state index contributed by atoms with van der Waals surface area (Å²) in [5, 5.41) is 10.3. The fourth-order valence-corrected chi connectivity index (χ4v) is 2.77. The minimum absolute atomic E-state index is 0.191. The average molecular weight is 299 g/mol. The lowest BCUT2D eigenvalue weighted by molar-refractivity contribution is 0.150. The topological polar surface area (TPSA) is 29.5 Å². The van der Waals surface area contributed by atoms with Gasteiger partial charge >= 0.3 is 0 Å². The van der Waals surface area contributed by atoms with Crippen LogP contribution in [-0.4, -0.2) is 19.5 Å². The van der Waals surface area contributed by atoms with Crippen molar-refractivity contribution in [2.45, 2.75) is 84.5 Å². The molecule has 3 heteroatoms. The normalized spacial score (nSPS) is 15.7. The Morgan fingerprint density at radius 3 is 2.30 bits per heavy atom. The van der Waals surface area contributed by atoms with Gasteiger partial charge in [0, 0.05) is 6.42 Å². The molecule has 0 aliphatic heterocycles. The highest BCUT2D eigenvalue weighted by Crippen LogP contribution is 2.38. The molecule has 1 N–H and O–H groups in total. The number of rotatable bonds is 8. The molecule has 0 bridgehead atoms. The third-order valence-corrected chi connectivity index (χ3v) is 8.41. The van der Waals surface area contributed by atoms with Crippen molar-refractivity contribution >= 4 is 8.32 Å². The number of allylic oxidation sites excluding steroid dienone is 3. The standard InChI is InChI=1S/C17H34O2Si/c1-8-10-11-12-13-15(18)14-16(9-2)19-20(6,7)17(3,4)5/h9-11,15,18H,8,12-14H2,1-7H3/b11-10-,16-9-. The van der Waals surface area contributed by atoms with Gasteiger partial charge in [-0.2, -0.15) is 0 Å². The second-order valence-electron chi connectivity index (χ2n) is 6.93. The summed E-state index contributed by atoms with van der Waals surface area (Å²) in [6.07, 6.45) is 9.41. The molecule has 0 aliphatic carbocycles. The van der Waals surface area contributed by atoms with Crippen LogP contribution in [0.5, 0.6) is 0 Å². The summed E-state index contributed by atoms with van der Waals surface area (Å²) in [6, 6.07) is 0. The van der Waals surface area contributed by atoms with E-state index in [0.717, 1.165) is 25.0 Å². The van der Waals surface area contributed by atoms with Crippen molar-refractivity contribution in [3.8, 4) is 0 Å². The second kappa shape index (κ2) is 8.68. The highest BCUT2D eigenvalue weighted by Gasteiger charge is 2.39. The van der Waals surface area contributed by atoms with Gasteiger partial charge in [-0.3, -0.25) is 0 Å². The molecular formula is C17H34O2Si. The van der Waals surface area contributed by atoms with Crippen LogP contribution in [0.4, 0.5) is 0 Å². The van der Waals surface area contributed by atoms with Gasteiger partial charge in [0.05, 0.1) is 11.9 Å². The molecule has 0 spiro atoms. The summed E-state index contributed by atoms with van der Waals surface area (Å²) in [7, 11) is -1.79. The molecule has 1 unspecified atom stereocenters. The average Bonchev–Trinajstić information content (AvgIpc) is 2.32. The van der Waals surface area contributed by atoms with Gasteiger partial charge in [0.15, 0.2) is 0 Å². The first-order chi connectivity index (χ1) is 9.14. The molecule has 0 aromatic heterocycles. The second-order valence-corrected chi connectivity index (χ2v) is 11.7. The lowest BCUT2D eigenvalue weighted by Gasteiger charge is -2.37. The van der Waals surface area contributed by atoms with Crippen molar-refractivity contribution in [1.29, 1.82) is 0 Å². The maximum Gasteiger partial charge on any atom is 0.250 e. The minimum atomic E-state index is -1.79. The third kappa shape index (κ3) is 7.30. The van der Waals surface area contributed by atoms with E-state index in [1.807, 2.05) is 13.0 Å². The molecule has 0 rings (SSSR count). The zero-order valence-electron chi connectivity index (χ0n) is 14.5. The Morgan fingerprint density at radius 2 is 1.85 bits per heavy atom. The summed E-state index contributed by atoms with van der Waals surface area (Å²) in [5.41, 5.74) is 0. The van der Waals surface area contributed by atoms with Gasteiger partial charge < -0.3 is 9.53 Å². The van der Waals surface area contributed by atoms with Crippen LogP contribution in [0.3, 0.4) is 0 Å². The molecule has 0 heterocycles. The zero-order valence-corrected chi connectivity index (χ0v) is 15.5. The van der Waals surface area contributed by atoms with Crippen LogP contribution in [0.15, 0.2) is 24.0 Å². The SMILES string of the molecule is C/C=C(/CC(O)CC/C=C\CC)O[Si](C)(C)C(C)(C)C. The van der Waals surface area contributed by atoms with Gasteiger partial charge in [-0.25, -0.2) is 0 Å². The van der Waals surface area contributed by atoms with E-state index in [1.165, 1.54) is 0 Å². The number of hydrogen-bond acceptors (Lipinski definition) is 2. The number of hydrogen-bond donors (Lipinski definition) is 1. The lowest BCUT2D eigenvalue weighted by atomic mass is 10.1. The third-order valence-electron chi connectivity index (χ3n) is 4.02. The molecule has 118 valence electrons. The van der Waals surface area contributed by atoms with E-state index in [-0.39, 0.29) is 11.1 Å². The summed E-state index contributed by atoms with van der Waals surface area (Å²) in [5.74, 6) is 0.948. The van der Waals surface area contributed by atoms with Gasteiger partial charge in [0.2, 0.25) is 8.32 Å². The van der Waals surface area contributed by atoms with Crippen molar-refractivity contribution in [3.05, 3.63) is 24.0 Å². The Balaban J connectivity index is 4.40. The molecule has 0 fully saturated rings. The van der Waals surface area contributed by atoms with Crippen molar-refractivity contribution in [3.63, 3.8) is 0 Å². The maximum atomic E-state index is 10.1. The fraction of sp³-hybridized carbons (Fsp3) is 0.765. The van der Waals surface area contributed by atoms with E-state index in [1.54, 1.807) is 0 Å². The predicted octanol–water partition coefficient (Wildman–Crippen LogP) is 5.41. The molecule has 0 aromatic carbocycles. The van der Waals surface area contributed by atoms with Crippen LogP contribution in [0.1, 0.15) is 60.3 Å². The molecule has 0 aliphatic rings. The molecule has 0 aromatic rings. The zero-order chi connectivity index (χ0) is 15.8. The van der Waals surface area contributed by atoms with E-state index in [4.69, 9.17) is 4.43 Å². The Hall–Kier alpha value is -0.543. The highest BCUT2D eigenvalue weighted by atomic mass is 28.4. The van der Waals surface area contributed by atoms with Crippen LogP contribution in [0.2, 0.25) is 18.1 Å². The Bertz CT molecular complexity index is 324. The molecule has 0 radical (unpaired) electrons. The summed E-state index contributed by atoms with van der Waals surface area (Å²) < 4.78 is 6.27. The van der Waals surface area contributed by atoms with Gasteiger partial charge in [-0.1, -0.05) is 45.9 Å². The number of aliphatic hydroxyl groups excluding tert-OH is 1. The number of aliphatic hydroxyl groups is 1. The smallest absolute Gasteiger partial charge is 0.250 e. The van der Waals surface area contributed by atoms with Crippen LogP contribution in [0, 0.1) is 0 Å².